The normalized spacial score (nSPS) is 16.6. The van der Waals surface area contributed by atoms with Crippen LogP contribution in [0.25, 0.3) is 6.08 Å². The SMILES string of the molecule is O=C1OC(c2ccco2)=N/C1=C\c1cccc(Br)c1. The second kappa shape index (κ2) is 4.85. The van der Waals surface area contributed by atoms with Gasteiger partial charge >= 0.3 is 5.97 Å². The van der Waals surface area contributed by atoms with E-state index in [1.54, 1.807) is 18.2 Å². The Hall–Kier alpha value is -2.14. The van der Waals surface area contributed by atoms with E-state index in [-0.39, 0.29) is 11.6 Å². The molecule has 0 fully saturated rings. The zero-order valence-electron chi connectivity index (χ0n) is 9.67. The zero-order chi connectivity index (χ0) is 13.2. The van der Waals surface area contributed by atoms with Gasteiger partial charge in [0.2, 0.25) is 0 Å². The maximum absolute atomic E-state index is 11.7. The fourth-order valence-corrected chi connectivity index (χ4v) is 2.09. The van der Waals surface area contributed by atoms with Crippen molar-refractivity contribution >= 4 is 33.9 Å². The Morgan fingerprint density at radius 1 is 1.21 bits per heavy atom. The quantitative estimate of drug-likeness (QED) is 0.630. The third-order valence-electron chi connectivity index (χ3n) is 2.50. The highest BCUT2D eigenvalue weighted by Gasteiger charge is 2.25. The van der Waals surface area contributed by atoms with E-state index in [4.69, 9.17) is 9.15 Å². The minimum atomic E-state index is -0.480. The first-order valence-corrected chi connectivity index (χ1v) is 6.34. The molecule has 0 saturated carbocycles. The lowest BCUT2D eigenvalue weighted by Gasteiger charge is -1.94. The highest BCUT2D eigenvalue weighted by atomic mass is 79.9. The second-order valence-electron chi connectivity index (χ2n) is 3.87. The van der Waals surface area contributed by atoms with Crippen molar-refractivity contribution in [3.63, 3.8) is 0 Å². The Bertz CT molecular complexity index is 686. The summed E-state index contributed by atoms with van der Waals surface area (Å²) < 4.78 is 11.1. The number of carbonyl (C=O) groups excluding carboxylic acids is 1. The molecule has 0 saturated heterocycles. The third kappa shape index (κ3) is 2.51. The van der Waals surface area contributed by atoms with Crippen LogP contribution in [0.4, 0.5) is 0 Å². The number of aliphatic imine (C=N–C) groups is 1. The molecule has 0 radical (unpaired) electrons. The monoisotopic (exact) mass is 317 g/mol. The summed E-state index contributed by atoms with van der Waals surface area (Å²) in [5.74, 6) is 0.147. The van der Waals surface area contributed by atoms with Crippen molar-refractivity contribution in [3.05, 3.63) is 64.2 Å². The molecule has 1 aromatic heterocycles. The number of cyclic esters (lactones) is 1. The minimum Gasteiger partial charge on any atom is -0.459 e. The van der Waals surface area contributed by atoms with E-state index in [2.05, 4.69) is 20.9 Å². The lowest BCUT2D eigenvalue weighted by atomic mass is 10.2. The van der Waals surface area contributed by atoms with Gasteiger partial charge in [0.1, 0.15) is 0 Å². The van der Waals surface area contributed by atoms with E-state index in [0.717, 1.165) is 10.0 Å². The minimum absolute atomic E-state index is 0.191. The molecule has 19 heavy (non-hydrogen) atoms. The predicted octanol–water partition coefficient (Wildman–Crippen LogP) is 3.39. The maximum atomic E-state index is 11.7. The van der Waals surface area contributed by atoms with Crippen molar-refractivity contribution in [2.24, 2.45) is 4.99 Å². The van der Waals surface area contributed by atoms with E-state index in [0.29, 0.717) is 5.76 Å². The number of benzene rings is 1. The number of esters is 1. The topological polar surface area (TPSA) is 51.8 Å². The maximum Gasteiger partial charge on any atom is 0.363 e. The van der Waals surface area contributed by atoms with Gasteiger partial charge in [-0.1, -0.05) is 28.1 Å². The van der Waals surface area contributed by atoms with Gasteiger partial charge in [0.05, 0.1) is 6.26 Å². The van der Waals surface area contributed by atoms with Crippen molar-refractivity contribution in [2.45, 2.75) is 0 Å². The first-order chi connectivity index (χ1) is 9.22. The number of hydrogen-bond donors (Lipinski definition) is 0. The number of carbonyl (C=O) groups is 1. The van der Waals surface area contributed by atoms with Crippen LogP contribution in [0.5, 0.6) is 0 Å². The van der Waals surface area contributed by atoms with E-state index < -0.39 is 5.97 Å². The van der Waals surface area contributed by atoms with Crippen molar-refractivity contribution in [3.8, 4) is 0 Å². The number of halogens is 1. The molecule has 0 bridgehead atoms. The molecule has 0 atom stereocenters. The van der Waals surface area contributed by atoms with E-state index >= 15 is 0 Å². The van der Waals surface area contributed by atoms with Gasteiger partial charge in [-0.3, -0.25) is 0 Å². The van der Waals surface area contributed by atoms with Gasteiger partial charge in [0.25, 0.3) is 5.90 Å². The van der Waals surface area contributed by atoms with Crippen LogP contribution < -0.4 is 0 Å². The molecular weight excluding hydrogens is 310 g/mol. The molecule has 0 amide bonds. The number of furan rings is 1. The van der Waals surface area contributed by atoms with Crippen LogP contribution in [0.15, 0.2) is 62.2 Å². The zero-order valence-corrected chi connectivity index (χ0v) is 11.3. The lowest BCUT2D eigenvalue weighted by molar-refractivity contribution is -0.130. The molecule has 2 aromatic rings. The molecule has 2 heterocycles. The molecule has 0 unspecified atom stereocenters. The van der Waals surface area contributed by atoms with Crippen LogP contribution >= 0.6 is 15.9 Å². The number of nitrogens with zero attached hydrogens (tertiary/aromatic N) is 1. The fourth-order valence-electron chi connectivity index (χ4n) is 1.67. The Morgan fingerprint density at radius 3 is 2.84 bits per heavy atom. The van der Waals surface area contributed by atoms with Crippen LogP contribution in [0.3, 0.4) is 0 Å². The summed E-state index contributed by atoms with van der Waals surface area (Å²) in [6, 6.07) is 11.0. The summed E-state index contributed by atoms with van der Waals surface area (Å²) in [5, 5.41) is 0. The van der Waals surface area contributed by atoms with Gasteiger partial charge in [-0.05, 0) is 35.9 Å². The predicted molar refractivity (Wildman–Crippen MR) is 73.5 cm³/mol. The van der Waals surface area contributed by atoms with Gasteiger partial charge in [0, 0.05) is 4.47 Å². The van der Waals surface area contributed by atoms with E-state index in [1.807, 2.05) is 24.3 Å². The average Bonchev–Trinajstić information content (AvgIpc) is 3.00. The summed E-state index contributed by atoms with van der Waals surface area (Å²) in [6.45, 7) is 0. The van der Waals surface area contributed by atoms with E-state index in [1.165, 1.54) is 6.26 Å². The van der Waals surface area contributed by atoms with Crippen molar-refractivity contribution in [1.29, 1.82) is 0 Å². The molecular formula is C14H8BrNO3. The summed E-state index contributed by atoms with van der Waals surface area (Å²) in [7, 11) is 0. The van der Waals surface area contributed by atoms with Gasteiger partial charge in [0.15, 0.2) is 11.5 Å². The highest BCUT2D eigenvalue weighted by molar-refractivity contribution is 9.10. The molecule has 5 heteroatoms. The first kappa shape index (κ1) is 11.9. The Morgan fingerprint density at radius 2 is 2.11 bits per heavy atom. The standard InChI is InChI=1S/C14H8BrNO3/c15-10-4-1-3-9(7-10)8-11-14(17)19-13(16-11)12-5-2-6-18-12/h1-8H/b11-8-. The molecule has 1 aliphatic heterocycles. The fraction of sp³-hybridized carbons (Fsp3) is 0. The molecule has 3 rings (SSSR count). The molecule has 4 nitrogen and oxygen atoms in total. The van der Waals surface area contributed by atoms with E-state index in [9.17, 15) is 4.79 Å². The van der Waals surface area contributed by atoms with Gasteiger partial charge in [-0.25, -0.2) is 9.79 Å². The van der Waals surface area contributed by atoms with Crippen LogP contribution in [0, 0.1) is 0 Å². The summed E-state index contributed by atoms with van der Waals surface area (Å²) in [5.41, 5.74) is 1.12. The number of ether oxygens (including phenoxy) is 1. The van der Waals surface area contributed by atoms with Crippen molar-refractivity contribution in [2.75, 3.05) is 0 Å². The Kier molecular flexibility index (Phi) is 3.05. The van der Waals surface area contributed by atoms with Gasteiger partial charge < -0.3 is 9.15 Å². The van der Waals surface area contributed by atoms with Crippen molar-refractivity contribution < 1.29 is 13.9 Å². The van der Waals surface area contributed by atoms with Crippen molar-refractivity contribution in [1.82, 2.24) is 0 Å². The molecule has 0 spiro atoms. The summed E-state index contributed by atoms with van der Waals surface area (Å²) in [4.78, 5) is 15.8. The van der Waals surface area contributed by atoms with Gasteiger partial charge in [-0.15, -0.1) is 0 Å². The van der Waals surface area contributed by atoms with Crippen LogP contribution in [0.1, 0.15) is 11.3 Å². The molecule has 0 N–H and O–H groups in total. The van der Waals surface area contributed by atoms with Crippen LogP contribution in [-0.4, -0.2) is 11.9 Å². The smallest absolute Gasteiger partial charge is 0.363 e. The van der Waals surface area contributed by atoms with Crippen LogP contribution in [-0.2, 0) is 9.53 Å². The number of rotatable bonds is 2. The first-order valence-electron chi connectivity index (χ1n) is 5.54. The molecule has 1 aromatic carbocycles. The summed E-state index contributed by atoms with van der Waals surface area (Å²) in [6.07, 6.45) is 3.17. The summed E-state index contributed by atoms with van der Waals surface area (Å²) >= 11 is 3.37. The highest BCUT2D eigenvalue weighted by Crippen LogP contribution is 2.20. The average molecular weight is 318 g/mol. The molecule has 1 aliphatic rings. The Labute approximate surface area is 117 Å². The second-order valence-corrected chi connectivity index (χ2v) is 4.78. The molecule has 0 aliphatic carbocycles. The lowest BCUT2D eigenvalue weighted by Crippen LogP contribution is -2.04. The Balaban J connectivity index is 1.95. The van der Waals surface area contributed by atoms with Gasteiger partial charge in [-0.2, -0.15) is 0 Å². The number of hydrogen-bond acceptors (Lipinski definition) is 4. The largest absolute Gasteiger partial charge is 0.459 e. The molecule has 94 valence electrons. The van der Waals surface area contributed by atoms with Crippen LogP contribution in [0.2, 0.25) is 0 Å². The third-order valence-corrected chi connectivity index (χ3v) is 3.00.